The molecule has 32 heavy (non-hydrogen) atoms. The molecule has 1 aliphatic heterocycles. The molecule has 1 atom stereocenters. The fourth-order valence-corrected chi connectivity index (χ4v) is 3.93. The van der Waals surface area contributed by atoms with E-state index in [0.717, 1.165) is 17.6 Å². The normalized spacial score (nSPS) is 16.8. The number of aromatic amines is 2. The second-order valence-corrected chi connectivity index (χ2v) is 9.18. The molecule has 0 radical (unpaired) electrons. The van der Waals surface area contributed by atoms with Gasteiger partial charge in [-0.1, -0.05) is 51.1 Å². The topological polar surface area (TPSA) is 94.8 Å². The maximum absolute atomic E-state index is 12.9. The number of amides is 1. The summed E-state index contributed by atoms with van der Waals surface area (Å²) >= 11 is 0. The van der Waals surface area contributed by atoms with Crippen molar-refractivity contribution in [3.05, 3.63) is 98.3 Å². The Morgan fingerprint density at radius 1 is 1.00 bits per heavy atom. The Morgan fingerprint density at radius 2 is 1.75 bits per heavy atom. The van der Waals surface area contributed by atoms with Gasteiger partial charge in [-0.05, 0) is 46.7 Å². The molecule has 1 aromatic carbocycles. The lowest BCUT2D eigenvalue weighted by molar-refractivity contribution is -0.119. The predicted octanol–water partition coefficient (Wildman–Crippen LogP) is 3.74. The molecule has 1 aliphatic rings. The highest BCUT2D eigenvalue weighted by molar-refractivity contribution is 5.82. The van der Waals surface area contributed by atoms with Crippen LogP contribution < -0.4 is 16.4 Å². The van der Waals surface area contributed by atoms with Gasteiger partial charge in [0.15, 0.2) is 0 Å². The molecular formula is C26H27N3O3. The summed E-state index contributed by atoms with van der Waals surface area (Å²) in [6, 6.07) is 14.9. The van der Waals surface area contributed by atoms with Crippen LogP contribution in [0, 0.1) is 0 Å². The van der Waals surface area contributed by atoms with Gasteiger partial charge in [0.05, 0.1) is 0 Å². The average Bonchev–Trinajstić information content (AvgIpc) is 3.16. The molecule has 6 heteroatoms. The molecule has 3 aromatic rings. The number of benzene rings is 1. The quantitative estimate of drug-likeness (QED) is 0.590. The molecular weight excluding hydrogens is 402 g/mol. The molecule has 0 spiro atoms. The first-order chi connectivity index (χ1) is 15.2. The zero-order valence-corrected chi connectivity index (χ0v) is 18.5. The van der Waals surface area contributed by atoms with Gasteiger partial charge in [-0.2, -0.15) is 0 Å². The molecule has 0 unspecified atom stereocenters. The molecule has 1 saturated heterocycles. The first kappa shape index (κ1) is 21.6. The van der Waals surface area contributed by atoms with E-state index >= 15 is 0 Å². The first-order valence-electron chi connectivity index (χ1n) is 10.8. The molecule has 3 heterocycles. The third-order valence-corrected chi connectivity index (χ3v) is 5.74. The second kappa shape index (κ2) is 8.46. The van der Waals surface area contributed by atoms with Crippen LogP contribution in [-0.2, 0) is 10.2 Å². The Bertz CT molecular complexity index is 1290. The van der Waals surface area contributed by atoms with E-state index in [1.165, 1.54) is 17.8 Å². The molecule has 6 nitrogen and oxygen atoms in total. The minimum absolute atomic E-state index is 0.0331. The van der Waals surface area contributed by atoms with Crippen LogP contribution in [0.1, 0.15) is 50.4 Å². The Kier molecular flexibility index (Phi) is 5.70. The van der Waals surface area contributed by atoms with Gasteiger partial charge in [-0.3, -0.25) is 14.4 Å². The Labute approximate surface area is 186 Å². The smallest absolute Gasteiger partial charge is 0.256 e. The second-order valence-electron chi connectivity index (χ2n) is 9.18. The molecule has 164 valence electrons. The van der Waals surface area contributed by atoms with Crippen molar-refractivity contribution in [1.29, 1.82) is 0 Å². The summed E-state index contributed by atoms with van der Waals surface area (Å²) in [6.45, 7) is 6.49. The number of carbonyl (C=O) groups excluding carboxylic acids is 1. The van der Waals surface area contributed by atoms with E-state index in [9.17, 15) is 14.4 Å². The Hall–Kier alpha value is -3.67. The van der Waals surface area contributed by atoms with Crippen molar-refractivity contribution in [2.75, 3.05) is 0 Å². The maximum Gasteiger partial charge on any atom is 0.256 e. The number of rotatable bonds is 4. The van der Waals surface area contributed by atoms with Crippen molar-refractivity contribution < 1.29 is 4.79 Å². The number of carbonyl (C=O) groups is 1. The van der Waals surface area contributed by atoms with Gasteiger partial charge in [-0.25, -0.2) is 0 Å². The van der Waals surface area contributed by atoms with Crippen LogP contribution in [0.2, 0.25) is 0 Å². The molecule has 2 aromatic heterocycles. The summed E-state index contributed by atoms with van der Waals surface area (Å²) in [7, 11) is 0. The van der Waals surface area contributed by atoms with Gasteiger partial charge in [-0.15, -0.1) is 0 Å². The van der Waals surface area contributed by atoms with E-state index in [0.29, 0.717) is 23.2 Å². The van der Waals surface area contributed by atoms with Crippen LogP contribution in [-0.4, -0.2) is 21.9 Å². The Balaban J connectivity index is 1.77. The van der Waals surface area contributed by atoms with Crippen molar-refractivity contribution in [2.45, 2.75) is 45.1 Å². The van der Waals surface area contributed by atoms with E-state index in [2.05, 4.69) is 48.2 Å². The zero-order valence-electron chi connectivity index (χ0n) is 18.5. The predicted molar refractivity (Wildman–Crippen MR) is 127 cm³/mol. The SMILES string of the molecule is CC(C)(C)c1ccc(/C(=C/[C@H]2CCC(=O)N2)c2ccc(-c3cc[nH]c(=O)c3)c(=O)[nH]2)cc1. The number of nitrogens with one attached hydrogen (secondary N) is 3. The van der Waals surface area contributed by atoms with Crippen LogP contribution >= 0.6 is 0 Å². The van der Waals surface area contributed by atoms with Gasteiger partial charge >= 0.3 is 0 Å². The number of hydrogen-bond donors (Lipinski definition) is 3. The first-order valence-corrected chi connectivity index (χ1v) is 10.8. The number of H-pyrrole nitrogens is 2. The van der Waals surface area contributed by atoms with E-state index in [4.69, 9.17) is 0 Å². The summed E-state index contributed by atoms with van der Waals surface area (Å²) in [4.78, 5) is 41.8. The van der Waals surface area contributed by atoms with E-state index < -0.39 is 0 Å². The van der Waals surface area contributed by atoms with Crippen LogP contribution in [0.5, 0.6) is 0 Å². The lowest BCUT2D eigenvalue weighted by Gasteiger charge is -2.20. The average molecular weight is 430 g/mol. The zero-order chi connectivity index (χ0) is 22.9. The van der Waals surface area contributed by atoms with Gasteiger partial charge in [0.2, 0.25) is 11.5 Å². The van der Waals surface area contributed by atoms with Crippen molar-refractivity contribution >= 4 is 11.5 Å². The fraction of sp³-hybridized carbons (Fsp3) is 0.269. The largest absolute Gasteiger partial charge is 0.350 e. The van der Waals surface area contributed by atoms with Gasteiger partial charge < -0.3 is 15.3 Å². The molecule has 0 aliphatic carbocycles. The van der Waals surface area contributed by atoms with E-state index in [1.54, 1.807) is 12.1 Å². The van der Waals surface area contributed by atoms with Gasteiger partial charge in [0.1, 0.15) is 0 Å². The monoisotopic (exact) mass is 429 g/mol. The van der Waals surface area contributed by atoms with Crippen LogP contribution in [0.3, 0.4) is 0 Å². The minimum Gasteiger partial charge on any atom is -0.350 e. The summed E-state index contributed by atoms with van der Waals surface area (Å²) in [5, 5.41) is 2.97. The van der Waals surface area contributed by atoms with E-state index in [1.807, 2.05) is 24.3 Å². The summed E-state index contributed by atoms with van der Waals surface area (Å²) in [5.41, 5.74) is 4.17. The van der Waals surface area contributed by atoms with Crippen molar-refractivity contribution in [1.82, 2.24) is 15.3 Å². The van der Waals surface area contributed by atoms with Crippen LogP contribution in [0.4, 0.5) is 0 Å². The summed E-state index contributed by atoms with van der Waals surface area (Å²) in [6.07, 6.45) is 4.75. The van der Waals surface area contributed by atoms with Gasteiger partial charge in [0.25, 0.3) is 5.56 Å². The molecule has 0 bridgehead atoms. The van der Waals surface area contributed by atoms with Crippen LogP contribution in [0.25, 0.3) is 16.7 Å². The van der Waals surface area contributed by atoms with Crippen molar-refractivity contribution in [3.8, 4) is 11.1 Å². The molecule has 4 rings (SSSR count). The van der Waals surface area contributed by atoms with Crippen molar-refractivity contribution in [2.24, 2.45) is 0 Å². The highest BCUT2D eigenvalue weighted by Crippen LogP contribution is 2.28. The highest BCUT2D eigenvalue weighted by Gasteiger charge is 2.21. The fourth-order valence-electron chi connectivity index (χ4n) is 3.93. The number of aromatic nitrogens is 2. The summed E-state index contributed by atoms with van der Waals surface area (Å²) in [5.74, 6) is 0.0341. The van der Waals surface area contributed by atoms with Crippen LogP contribution in [0.15, 0.2) is 70.4 Å². The third-order valence-electron chi connectivity index (χ3n) is 5.74. The molecule has 0 saturated carbocycles. The lowest BCUT2D eigenvalue weighted by atomic mass is 9.86. The number of hydrogen-bond acceptors (Lipinski definition) is 3. The number of pyridine rings is 2. The summed E-state index contributed by atoms with van der Waals surface area (Å²) < 4.78 is 0. The van der Waals surface area contributed by atoms with Gasteiger partial charge in [0, 0.05) is 41.6 Å². The molecule has 1 amide bonds. The lowest BCUT2D eigenvalue weighted by Crippen LogP contribution is -2.23. The highest BCUT2D eigenvalue weighted by atomic mass is 16.2. The van der Waals surface area contributed by atoms with E-state index in [-0.39, 0.29) is 28.5 Å². The maximum atomic E-state index is 12.9. The Morgan fingerprint density at radius 3 is 2.34 bits per heavy atom. The molecule has 1 fully saturated rings. The third kappa shape index (κ3) is 4.64. The minimum atomic E-state index is -0.277. The standard InChI is InChI=1S/C26H27N3O3/c1-26(2,3)18-6-4-16(5-7-18)21(15-19-8-11-23(30)28-19)22-10-9-20(25(32)29-22)17-12-13-27-24(31)14-17/h4-7,9-10,12-15,19H,8,11H2,1-3H3,(H,27,31)(H,28,30)(H,29,32)/b21-15-/t19-/m1/s1. The molecule has 3 N–H and O–H groups in total. The van der Waals surface area contributed by atoms with Crippen molar-refractivity contribution in [3.63, 3.8) is 0 Å².